The van der Waals surface area contributed by atoms with Gasteiger partial charge in [-0.25, -0.2) is 13.2 Å². The molecule has 1 aliphatic heterocycles. The number of nitrogens with one attached hydrogen (secondary N) is 1. The topological polar surface area (TPSA) is 72.5 Å². The lowest BCUT2D eigenvalue weighted by Crippen LogP contribution is -2.45. The van der Waals surface area contributed by atoms with Gasteiger partial charge in [-0.05, 0) is 19.3 Å². The van der Waals surface area contributed by atoms with Crippen molar-refractivity contribution in [2.75, 3.05) is 12.8 Å². The number of rotatable bonds is 1. The minimum Gasteiger partial charge on any atom is -0.440 e. The van der Waals surface area contributed by atoms with Gasteiger partial charge in [-0.15, -0.1) is 0 Å². The zero-order valence-electron chi connectivity index (χ0n) is 7.95. The quantitative estimate of drug-likeness (QED) is 0.677. The van der Waals surface area contributed by atoms with Crippen molar-refractivity contribution in [3.05, 3.63) is 0 Å². The summed E-state index contributed by atoms with van der Waals surface area (Å²) in [6, 6.07) is 0. The molecule has 1 aliphatic carbocycles. The Bertz CT molecular complexity index is 364. The molecule has 2 fully saturated rings. The Balaban J connectivity index is 2.31. The largest absolute Gasteiger partial charge is 0.440 e. The molecule has 2 aliphatic rings. The molecular formula is C8H13NO4S. The molecule has 14 heavy (non-hydrogen) atoms. The zero-order chi connectivity index (χ0) is 10.4. The van der Waals surface area contributed by atoms with Gasteiger partial charge in [0.1, 0.15) is 10.9 Å². The fourth-order valence-electron chi connectivity index (χ4n) is 2.41. The first-order chi connectivity index (χ1) is 6.44. The van der Waals surface area contributed by atoms with Crippen molar-refractivity contribution in [2.45, 2.75) is 30.1 Å². The average Bonchev–Trinajstić information content (AvgIpc) is 2.59. The number of carbonyl (C=O) groups excluding carboxylic acids is 1. The Hall–Kier alpha value is -0.780. The third kappa shape index (κ3) is 1.37. The van der Waals surface area contributed by atoms with Crippen molar-refractivity contribution in [1.82, 2.24) is 5.32 Å². The highest BCUT2D eigenvalue weighted by atomic mass is 32.2. The fourth-order valence-corrected chi connectivity index (χ4v) is 4.04. The van der Waals surface area contributed by atoms with Gasteiger partial charge in [-0.2, -0.15) is 0 Å². The van der Waals surface area contributed by atoms with Crippen molar-refractivity contribution in [3.8, 4) is 0 Å². The highest BCUT2D eigenvalue weighted by Crippen LogP contribution is 2.39. The van der Waals surface area contributed by atoms with Crippen molar-refractivity contribution < 1.29 is 17.9 Å². The van der Waals surface area contributed by atoms with Gasteiger partial charge in [0.15, 0.2) is 9.84 Å². The Morgan fingerprint density at radius 1 is 1.57 bits per heavy atom. The van der Waals surface area contributed by atoms with Crippen LogP contribution >= 0.6 is 0 Å². The van der Waals surface area contributed by atoms with E-state index < -0.39 is 26.8 Å². The third-order valence-electron chi connectivity index (χ3n) is 3.00. The molecule has 1 heterocycles. The van der Waals surface area contributed by atoms with Crippen LogP contribution in [0, 0.1) is 0 Å². The summed E-state index contributed by atoms with van der Waals surface area (Å²) in [6.45, 7) is 0.323. The van der Waals surface area contributed by atoms with Crippen LogP contribution in [0.15, 0.2) is 0 Å². The number of amides is 1. The molecule has 1 N–H and O–H groups in total. The van der Waals surface area contributed by atoms with Crippen LogP contribution in [0.1, 0.15) is 19.3 Å². The van der Waals surface area contributed by atoms with Crippen LogP contribution in [0.3, 0.4) is 0 Å². The SMILES string of the molecule is CS(=O)(=O)C1CCCC12CNC(=O)O2. The fraction of sp³-hybridized carbons (Fsp3) is 0.875. The van der Waals surface area contributed by atoms with E-state index in [1.165, 1.54) is 6.26 Å². The van der Waals surface area contributed by atoms with Crippen LogP contribution in [0.25, 0.3) is 0 Å². The molecule has 0 bridgehead atoms. The lowest BCUT2D eigenvalue weighted by Gasteiger charge is -2.26. The van der Waals surface area contributed by atoms with Crippen LogP contribution in [0.5, 0.6) is 0 Å². The van der Waals surface area contributed by atoms with E-state index in [0.29, 0.717) is 19.4 Å². The van der Waals surface area contributed by atoms with E-state index in [0.717, 1.165) is 6.42 Å². The Kier molecular flexibility index (Phi) is 1.99. The summed E-state index contributed by atoms with van der Waals surface area (Å²) in [5.74, 6) is 0. The van der Waals surface area contributed by atoms with Crippen molar-refractivity contribution >= 4 is 15.9 Å². The van der Waals surface area contributed by atoms with E-state index in [-0.39, 0.29) is 0 Å². The third-order valence-corrected chi connectivity index (χ3v) is 4.70. The predicted molar refractivity (Wildman–Crippen MR) is 49.7 cm³/mol. The molecule has 5 nitrogen and oxygen atoms in total. The van der Waals surface area contributed by atoms with E-state index >= 15 is 0 Å². The van der Waals surface area contributed by atoms with E-state index in [2.05, 4.69) is 5.32 Å². The minimum absolute atomic E-state index is 0.323. The number of hydrogen-bond donors (Lipinski definition) is 1. The molecule has 1 amide bonds. The highest BCUT2D eigenvalue weighted by molar-refractivity contribution is 7.91. The molecule has 2 unspecified atom stereocenters. The monoisotopic (exact) mass is 219 g/mol. The Morgan fingerprint density at radius 2 is 2.29 bits per heavy atom. The maximum absolute atomic E-state index is 11.5. The molecule has 0 aromatic heterocycles. The van der Waals surface area contributed by atoms with E-state index in [1.807, 2.05) is 0 Å². The summed E-state index contributed by atoms with van der Waals surface area (Å²) in [5, 5.41) is 2.00. The van der Waals surface area contributed by atoms with Gasteiger partial charge < -0.3 is 10.1 Å². The van der Waals surface area contributed by atoms with Gasteiger partial charge in [0, 0.05) is 6.26 Å². The first-order valence-corrected chi connectivity index (χ1v) is 6.55. The predicted octanol–water partition coefficient (Wildman–Crippen LogP) is 0.0621. The van der Waals surface area contributed by atoms with Crippen LogP contribution in [-0.4, -0.2) is 38.2 Å². The molecule has 1 saturated heterocycles. The number of alkyl carbamates (subject to hydrolysis) is 1. The van der Waals surface area contributed by atoms with Gasteiger partial charge >= 0.3 is 6.09 Å². The summed E-state index contributed by atoms with van der Waals surface area (Å²) in [4.78, 5) is 10.9. The second-order valence-electron chi connectivity index (χ2n) is 4.02. The van der Waals surface area contributed by atoms with Crippen LogP contribution < -0.4 is 5.32 Å². The number of hydrogen-bond acceptors (Lipinski definition) is 4. The average molecular weight is 219 g/mol. The van der Waals surface area contributed by atoms with Gasteiger partial charge in [-0.1, -0.05) is 0 Å². The molecule has 80 valence electrons. The second-order valence-corrected chi connectivity index (χ2v) is 6.25. The number of ether oxygens (including phenoxy) is 1. The van der Waals surface area contributed by atoms with Gasteiger partial charge in [0.25, 0.3) is 0 Å². The molecule has 1 spiro atoms. The highest BCUT2D eigenvalue weighted by Gasteiger charge is 2.54. The van der Waals surface area contributed by atoms with E-state index in [1.54, 1.807) is 0 Å². The Labute approximate surface area is 82.7 Å². The summed E-state index contributed by atoms with van der Waals surface area (Å²) >= 11 is 0. The first-order valence-electron chi connectivity index (χ1n) is 4.60. The van der Waals surface area contributed by atoms with E-state index in [4.69, 9.17) is 4.74 Å². The van der Waals surface area contributed by atoms with Crippen LogP contribution in [0.2, 0.25) is 0 Å². The van der Waals surface area contributed by atoms with Crippen molar-refractivity contribution in [1.29, 1.82) is 0 Å². The molecule has 0 aromatic carbocycles. The van der Waals surface area contributed by atoms with Gasteiger partial charge in [0.2, 0.25) is 0 Å². The van der Waals surface area contributed by atoms with Crippen LogP contribution in [-0.2, 0) is 14.6 Å². The zero-order valence-corrected chi connectivity index (χ0v) is 8.76. The molecule has 2 atom stereocenters. The van der Waals surface area contributed by atoms with Crippen molar-refractivity contribution in [3.63, 3.8) is 0 Å². The smallest absolute Gasteiger partial charge is 0.407 e. The maximum Gasteiger partial charge on any atom is 0.407 e. The lowest BCUT2D eigenvalue weighted by molar-refractivity contribution is 0.0652. The molecule has 1 saturated carbocycles. The summed E-state index contributed by atoms with van der Waals surface area (Å²) in [7, 11) is -3.14. The van der Waals surface area contributed by atoms with E-state index in [9.17, 15) is 13.2 Å². The summed E-state index contributed by atoms with van der Waals surface area (Å²) < 4.78 is 28.1. The lowest BCUT2D eigenvalue weighted by atomic mass is 10.0. The molecule has 0 aromatic rings. The molecular weight excluding hydrogens is 206 g/mol. The molecule has 6 heteroatoms. The molecule has 0 radical (unpaired) electrons. The normalized spacial score (nSPS) is 37.2. The number of sulfone groups is 1. The number of carbonyl (C=O) groups is 1. The van der Waals surface area contributed by atoms with Crippen molar-refractivity contribution in [2.24, 2.45) is 0 Å². The van der Waals surface area contributed by atoms with Gasteiger partial charge in [0.05, 0.1) is 6.54 Å². The standard InChI is InChI=1S/C8H13NO4S/c1-14(11,12)6-3-2-4-8(6)5-9-7(10)13-8/h6H,2-5H2,1H3,(H,9,10). The second kappa shape index (κ2) is 2.85. The summed E-state index contributed by atoms with van der Waals surface area (Å²) in [5.41, 5.74) is -0.787. The summed E-state index contributed by atoms with van der Waals surface area (Å²) in [6.07, 6.45) is 2.74. The minimum atomic E-state index is -3.14. The van der Waals surface area contributed by atoms with Crippen LogP contribution in [0.4, 0.5) is 4.79 Å². The van der Waals surface area contributed by atoms with Gasteiger partial charge in [-0.3, -0.25) is 0 Å². The Morgan fingerprint density at radius 3 is 2.79 bits per heavy atom. The molecule has 2 rings (SSSR count). The first kappa shape index (κ1) is 9.76. The maximum atomic E-state index is 11.5.